The Morgan fingerprint density at radius 3 is 2.62 bits per heavy atom. The minimum absolute atomic E-state index is 0.0915. The van der Waals surface area contributed by atoms with Crippen LogP contribution in [0.25, 0.3) is 0 Å². The molecule has 1 fully saturated rings. The van der Waals surface area contributed by atoms with Crippen LogP contribution in [0.4, 0.5) is 0 Å². The maximum Gasteiger partial charge on any atom is 0.169 e. The summed E-state index contributed by atoms with van der Waals surface area (Å²) in [5, 5.41) is 6.95. The van der Waals surface area contributed by atoms with Crippen molar-refractivity contribution in [3.8, 4) is 0 Å². The number of rotatable bonds is 7. The second-order valence-electron chi connectivity index (χ2n) is 4.13. The molecule has 1 heterocycles. The molecule has 0 bridgehead atoms. The third-order valence-corrected chi connectivity index (χ3v) is 2.85. The largest absolute Gasteiger partial charge is 0.352 e. The van der Waals surface area contributed by atoms with Crippen LogP contribution < -0.4 is 10.6 Å². The maximum atomic E-state index is 5.50. The molecule has 16 heavy (non-hydrogen) atoms. The highest BCUT2D eigenvalue weighted by Crippen LogP contribution is 2.05. The summed E-state index contributed by atoms with van der Waals surface area (Å²) < 4.78 is 11.0. The van der Waals surface area contributed by atoms with E-state index in [1.807, 2.05) is 13.8 Å². The lowest BCUT2D eigenvalue weighted by Crippen LogP contribution is -2.38. The Morgan fingerprint density at radius 1 is 1.19 bits per heavy atom. The molecule has 1 aliphatic rings. The number of ether oxygens (including phenoxy) is 2. The number of hydrogen-bond acceptors (Lipinski definition) is 4. The van der Waals surface area contributed by atoms with E-state index >= 15 is 0 Å². The van der Waals surface area contributed by atoms with Crippen LogP contribution in [0.15, 0.2) is 0 Å². The summed E-state index contributed by atoms with van der Waals surface area (Å²) in [6.45, 7) is 8.48. The van der Waals surface area contributed by atoms with Gasteiger partial charge >= 0.3 is 0 Å². The van der Waals surface area contributed by atoms with Gasteiger partial charge in [-0.15, -0.1) is 0 Å². The average molecular weight is 230 g/mol. The third-order valence-electron chi connectivity index (χ3n) is 2.85. The zero-order valence-corrected chi connectivity index (χ0v) is 10.6. The summed E-state index contributed by atoms with van der Waals surface area (Å²) in [6, 6.07) is 0.610. The van der Waals surface area contributed by atoms with Gasteiger partial charge in [0, 0.05) is 25.8 Å². The molecule has 1 rings (SSSR count). The predicted octanol–water partition coefficient (Wildman–Crippen LogP) is 1.12. The lowest BCUT2D eigenvalue weighted by atomic mass is 10.1. The molecule has 0 saturated carbocycles. The molecule has 0 aromatic heterocycles. The summed E-state index contributed by atoms with van der Waals surface area (Å²) in [6.07, 6.45) is 3.61. The number of nitrogens with one attached hydrogen (secondary N) is 2. The van der Waals surface area contributed by atoms with E-state index < -0.39 is 0 Å². The third kappa shape index (κ3) is 5.80. The molecule has 1 unspecified atom stereocenters. The summed E-state index contributed by atoms with van der Waals surface area (Å²) in [7, 11) is 0. The van der Waals surface area contributed by atoms with Gasteiger partial charge in [0.25, 0.3) is 0 Å². The molecule has 0 spiro atoms. The summed E-state index contributed by atoms with van der Waals surface area (Å²) >= 11 is 0. The Bertz CT molecular complexity index is 151. The fourth-order valence-corrected chi connectivity index (χ4v) is 2.02. The van der Waals surface area contributed by atoms with Crippen LogP contribution >= 0.6 is 0 Å². The molecule has 0 aliphatic carbocycles. The fraction of sp³-hybridized carbons (Fsp3) is 1.00. The monoisotopic (exact) mass is 230 g/mol. The van der Waals surface area contributed by atoms with Crippen molar-refractivity contribution >= 4 is 0 Å². The molecule has 4 heteroatoms. The Kier molecular flexibility index (Phi) is 7.76. The van der Waals surface area contributed by atoms with E-state index in [1.54, 1.807) is 0 Å². The molecule has 4 nitrogen and oxygen atoms in total. The zero-order chi connectivity index (χ0) is 11.6. The van der Waals surface area contributed by atoms with Crippen LogP contribution in [-0.2, 0) is 9.47 Å². The van der Waals surface area contributed by atoms with Crippen LogP contribution in [-0.4, -0.2) is 45.2 Å². The standard InChI is InChI=1S/C12H26N2O2/c1-3-15-12(16-4-2)10-14-11-6-5-8-13-9-7-11/h11-14H,3-10H2,1-2H3. The van der Waals surface area contributed by atoms with Crippen molar-refractivity contribution in [3.63, 3.8) is 0 Å². The van der Waals surface area contributed by atoms with Crippen molar-refractivity contribution in [2.75, 3.05) is 32.8 Å². The minimum Gasteiger partial charge on any atom is -0.352 e. The second kappa shape index (κ2) is 8.93. The van der Waals surface area contributed by atoms with Crippen LogP contribution in [0.3, 0.4) is 0 Å². The average Bonchev–Trinajstić information content (AvgIpc) is 2.55. The first-order valence-corrected chi connectivity index (χ1v) is 6.54. The smallest absolute Gasteiger partial charge is 0.169 e. The quantitative estimate of drug-likeness (QED) is 0.643. The Morgan fingerprint density at radius 2 is 1.94 bits per heavy atom. The molecule has 0 radical (unpaired) electrons. The zero-order valence-electron chi connectivity index (χ0n) is 10.6. The molecular weight excluding hydrogens is 204 g/mol. The van der Waals surface area contributed by atoms with Crippen LogP contribution in [0.2, 0.25) is 0 Å². The van der Waals surface area contributed by atoms with Gasteiger partial charge in [0.15, 0.2) is 6.29 Å². The Balaban J connectivity index is 2.18. The van der Waals surface area contributed by atoms with E-state index in [0.717, 1.165) is 19.6 Å². The molecule has 1 aliphatic heterocycles. The van der Waals surface area contributed by atoms with Gasteiger partial charge in [-0.1, -0.05) is 0 Å². The fourth-order valence-electron chi connectivity index (χ4n) is 2.02. The van der Waals surface area contributed by atoms with Crippen molar-refractivity contribution in [3.05, 3.63) is 0 Å². The van der Waals surface area contributed by atoms with Gasteiger partial charge in [0.05, 0.1) is 0 Å². The van der Waals surface area contributed by atoms with E-state index in [1.165, 1.54) is 19.3 Å². The van der Waals surface area contributed by atoms with Crippen LogP contribution in [0.5, 0.6) is 0 Å². The van der Waals surface area contributed by atoms with Gasteiger partial charge < -0.3 is 20.1 Å². The SMILES string of the molecule is CCOC(CNC1CCCNCC1)OCC. The molecule has 1 atom stereocenters. The second-order valence-corrected chi connectivity index (χ2v) is 4.13. The molecule has 96 valence electrons. The highest BCUT2D eigenvalue weighted by molar-refractivity contribution is 4.72. The van der Waals surface area contributed by atoms with Crippen molar-refractivity contribution < 1.29 is 9.47 Å². The summed E-state index contributed by atoms with van der Waals surface area (Å²) in [4.78, 5) is 0. The van der Waals surface area contributed by atoms with Crippen molar-refractivity contribution in [2.45, 2.75) is 45.4 Å². The van der Waals surface area contributed by atoms with Gasteiger partial charge in [-0.3, -0.25) is 0 Å². The molecule has 1 saturated heterocycles. The first-order valence-electron chi connectivity index (χ1n) is 6.54. The lowest BCUT2D eigenvalue weighted by Gasteiger charge is -2.21. The highest BCUT2D eigenvalue weighted by Gasteiger charge is 2.14. The molecular formula is C12H26N2O2. The highest BCUT2D eigenvalue weighted by atomic mass is 16.7. The van der Waals surface area contributed by atoms with Gasteiger partial charge in [-0.05, 0) is 46.2 Å². The Hall–Kier alpha value is -0.160. The summed E-state index contributed by atoms with van der Waals surface area (Å²) in [5.41, 5.74) is 0. The molecule has 2 N–H and O–H groups in total. The first-order chi connectivity index (χ1) is 7.86. The van der Waals surface area contributed by atoms with E-state index in [9.17, 15) is 0 Å². The van der Waals surface area contributed by atoms with Gasteiger partial charge in [0.2, 0.25) is 0 Å². The van der Waals surface area contributed by atoms with Crippen LogP contribution in [0, 0.1) is 0 Å². The predicted molar refractivity (Wildman–Crippen MR) is 65.6 cm³/mol. The lowest BCUT2D eigenvalue weighted by molar-refractivity contribution is -0.133. The van der Waals surface area contributed by atoms with Gasteiger partial charge in [0.1, 0.15) is 0 Å². The van der Waals surface area contributed by atoms with E-state index in [4.69, 9.17) is 9.47 Å². The van der Waals surface area contributed by atoms with E-state index in [-0.39, 0.29) is 6.29 Å². The molecule has 0 aromatic rings. The first kappa shape index (κ1) is 13.9. The van der Waals surface area contributed by atoms with Gasteiger partial charge in [-0.2, -0.15) is 0 Å². The molecule has 0 aromatic carbocycles. The normalized spacial score (nSPS) is 22.3. The maximum absolute atomic E-state index is 5.50. The van der Waals surface area contributed by atoms with Crippen molar-refractivity contribution in [1.29, 1.82) is 0 Å². The van der Waals surface area contributed by atoms with Crippen molar-refractivity contribution in [1.82, 2.24) is 10.6 Å². The summed E-state index contributed by atoms with van der Waals surface area (Å²) in [5.74, 6) is 0. The number of hydrogen-bond donors (Lipinski definition) is 2. The van der Waals surface area contributed by atoms with E-state index in [2.05, 4.69) is 10.6 Å². The van der Waals surface area contributed by atoms with Crippen LogP contribution in [0.1, 0.15) is 33.1 Å². The minimum atomic E-state index is -0.0915. The topological polar surface area (TPSA) is 42.5 Å². The Labute approximate surface area is 99.1 Å². The molecule has 0 amide bonds. The van der Waals surface area contributed by atoms with Crippen molar-refractivity contribution in [2.24, 2.45) is 0 Å². The van der Waals surface area contributed by atoms with E-state index in [0.29, 0.717) is 19.3 Å². The van der Waals surface area contributed by atoms with Gasteiger partial charge in [-0.25, -0.2) is 0 Å².